The molecule has 6 heteroatoms. The van der Waals surface area contributed by atoms with Crippen LogP contribution in [0.3, 0.4) is 0 Å². The van der Waals surface area contributed by atoms with Crippen molar-refractivity contribution < 1.29 is 4.52 Å². The van der Waals surface area contributed by atoms with Crippen molar-refractivity contribution >= 4 is 27.9 Å². The third-order valence-electron chi connectivity index (χ3n) is 2.88. The van der Waals surface area contributed by atoms with E-state index in [1.165, 1.54) is 0 Å². The van der Waals surface area contributed by atoms with Crippen molar-refractivity contribution in [3.63, 3.8) is 0 Å². The van der Waals surface area contributed by atoms with Gasteiger partial charge in [-0.3, -0.25) is 4.99 Å². The van der Waals surface area contributed by atoms with Crippen LogP contribution >= 0.6 is 23.5 Å². The van der Waals surface area contributed by atoms with E-state index in [1.54, 1.807) is 23.5 Å². The molecule has 0 aliphatic carbocycles. The van der Waals surface area contributed by atoms with E-state index in [9.17, 15) is 0 Å². The van der Waals surface area contributed by atoms with E-state index < -0.39 is 0 Å². The van der Waals surface area contributed by atoms with E-state index in [2.05, 4.69) is 29.0 Å². The molecule has 0 spiro atoms. The zero-order valence-corrected chi connectivity index (χ0v) is 12.9. The van der Waals surface area contributed by atoms with Crippen LogP contribution in [0.4, 0.5) is 0 Å². The number of nitrogens with zero attached hydrogens (tertiary/aromatic N) is 3. The Kier molecular flexibility index (Phi) is 4.12. The molecule has 3 rings (SSSR count). The minimum Gasteiger partial charge on any atom is -0.334 e. The summed E-state index contributed by atoms with van der Waals surface area (Å²) in [7, 11) is 0. The van der Waals surface area contributed by atoms with Crippen LogP contribution in [0, 0.1) is 0 Å². The van der Waals surface area contributed by atoms with Gasteiger partial charge in [-0.15, -0.1) is 0 Å². The largest absolute Gasteiger partial charge is 0.334 e. The first kappa shape index (κ1) is 13.7. The van der Waals surface area contributed by atoms with E-state index in [4.69, 9.17) is 4.52 Å². The summed E-state index contributed by atoms with van der Waals surface area (Å²) < 4.78 is 6.46. The lowest BCUT2D eigenvalue weighted by atomic mass is 10.2. The molecule has 0 radical (unpaired) electrons. The summed E-state index contributed by atoms with van der Waals surface area (Å²) in [6, 6.07) is 10.2. The van der Waals surface area contributed by atoms with E-state index in [1.807, 2.05) is 30.3 Å². The zero-order chi connectivity index (χ0) is 13.9. The Morgan fingerprint density at radius 3 is 2.85 bits per heavy atom. The maximum Gasteiger partial charge on any atom is 0.257 e. The highest BCUT2D eigenvalue weighted by Crippen LogP contribution is 2.35. The fourth-order valence-electron chi connectivity index (χ4n) is 1.81. The van der Waals surface area contributed by atoms with Crippen molar-refractivity contribution in [1.82, 2.24) is 10.1 Å². The summed E-state index contributed by atoms with van der Waals surface area (Å²) in [4.78, 5) is 9.05. The molecule has 1 aromatic heterocycles. The van der Waals surface area contributed by atoms with Crippen molar-refractivity contribution in [1.29, 1.82) is 0 Å². The number of benzene rings is 1. The van der Waals surface area contributed by atoms with Gasteiger partial charge in [0.25, 0.3) is 5.89 Å². The molecule has 0 unspecified atom stereocenters. The van der Waals surface area contributed by atoms with Gasteiger partial charge in [-0.05, 0) is 26.0 Å². The van der Waals surface area contributed by atoms with E-state index in [0.717, 1.165) is 21.5 Å². The van der Waals surface area contributed by atoms with Crippen LogP contribution in [0.5, 0.6) is 0 Å². The first-order chi connectivity index (χ1) is 9.72. The summed E-state index contributed by atoms with van der Waals surface area (Å²) in [6.07, 6.45) is 0. The first-order valence-corrected chi connectivity index (χ1v) is 8.35. The van der Waals surface area contributed by atoms with E-state index in [0.29, 0.717) is 11.9 Å². The van der Waals surface area contributed by atoms with Crippen LogP contribution in [-0.2, 0) is 0 Å². The van der Waals surface area contributed by atoms with Crippen molar-refractivity contribution in [2.45, 2.75) is 25.1 Å². The molecule has 2 heterocycles. The highest BCUT2D eigenvalue weighted by Gasteiger charge is 2.21. The second-order valence-electron chi connectivity index (χ2n) is 4.64. The zero-order valence-electron chi connectivity index (χ0n) is 11.3. The molecule has 1 aliphatic heterocycles. The van der Waals surface area contributed by atoms with Crippen LogP contribution in [0.15, 0.2) is 39.8 Å². The second-order valence-corrected chi connectivity index (χ2v) is 7.24. The molecule has 0 bridgehead atoms. The Labute approximate surface area is 126 Å². The highest BCUT2D eigenvalue weighted by molar-refractivity contribution is 8.39. The number of aromatic nitrogens is 2. The number of aliphatic imine (C=N–C) groups is 1. The Hall–Kier alpha value is -1.27. The molecule has 0 saturated carbocycles. The topological polar surface area (TPSA) is 51.3 Å². The summed E-state index contributed by atoms with van der Waals surface area (Å²) in [5.41, 5.74) is 0.949. The molecule has 20 heavy (non-hydrogen) atoms. The normalized spacial score (nSPS) is 19.9. The molecule has 1 aliphatic rings. The monoisotopic (exact) mass is 305 g/mol. The lowest BCUT2D eigenvalue weighted by Gasteiger charge is -2.04. The maximum atomic E-state index is 5.34. The molecule has 0 fully saturated rings. The standard InChI is InChI=1S/C14H15N3OS2/c1-9-8-19-14(15-9)20-10(2)12-16-13(18-17-12)11-6-4-3-5-7-11/h3-7,9-10H,8H2,1-2H3/t9-,10+/m1/s1. The summed E-state index contributed by atoms with van der Waals surface area (Å²) in [5, 5.41) is 4.23. The maximum absolute atomic E-state index is 5.34. The van der Waals surface area contributed by atoms with Crippen molar-refractivity contribution in [2.75, 3.05) is 5.75 Å². The third kappa shape index (κ3) is 3.07. The van der Waals surface area contributed by atoms with Gasteiger partial charge in [0, 0.05) is 11.3 Å². The van der Waals surface area contributed by atoms with E-state index >= 15 is 0 Å². The minimum atomic E-state index is 0.146. The van der Waals surface area contributed by atoms with Gasteiger partial charge in [-0.25, -0.2) is 0 Å². The molecule has 2 aromatic rings. The molecule has 104 valence electrons. The van der Waals surface area contributed by atoms with Crippen molar-refractivity contribution in [2.24, 2.45) is 4.99 Å². The van der Waals surface area contributed by atoms with Gasteiger partial charge >= 0.3 is 0 Å². The Morgan fingerprint density at radius 1 is 1.35 bits per heavy atom. The molecule has 2 atom stereocenters. The van der Waals surface area contributed by atoms with Crippen LogP contribution in [0.1, 0.15) is 24.9 Å². The molecule has 1 aromatic carbocycles. The van der Waals surface area contributed by atoms with Gasteiger partial charge in [0.05, 0.1) is 11.3 Å². The van der Waals surface area contributed by atoms with Crippen LogP contribution in [0.2, 0.25) is 0 Å². The van der Waals surface area contributed by atoms with Gasteiger partial charge < -0.3 is 4.52 Å². The minimum absolute atomic E-state index is 0.146. The van der Waals surface area contributed by atoms with Crippen LogP contribution < -0.4 is 0 Å². The number of rotatable bonds is 3. The van der Waals surface area contributed by atoms with Gasteiger partial charge in [-0.2, -0.15) is 4.98 Å². The van der Waals surface area contributed by atoms with Crippen molar-refractivity contribution in [3.05, 3.63) is 36.2 Å². The predicted molar refractivity (Wildman–Crippen MR) is 85.1 cm³/mol. The van der Waals surface area contributed by atoms with Gasteiger partial charge in [-0.1, -0.05) is 46.9 Å². The molecule has 4 nitrogen and oxygen atoms in total. The lowest BCUT2D eigenvalue weighted by molar-refractivity contribution is 0.423. The third-order valence-corrected chi connectivity index (χ3v) is 5.39. The molecular weight excluding hydrogens is 290 g/mol. The van der Waals surface area contributed by atoms with Crippen molar-refractivity contribution in [3.8, 4) is 11.5 Å². The molecule has 0 amide bonds. The van der Waals surface area contributed by atoms with Gasteiger partial charge in [0.2, 0.25) is 0 Å². The molecule has 0 N–H and O–H groups in total. The predicted octanol–water partition coefficient (Wildman–Crippen LogP) is 4.02. The first-order valence-electron chi connectivity index (χ1n) is 6.48. The Bertz CT molecular complexity index is 612. The summed E-state index contributed by atoms with van der Waals surface area (Å²) in [5.74, 6) is 2.36. The fourth-order valence-corrected chi connectivity index (χ4v) is 4.18. The second kappa shape index (κ2) is 6.01. The quantitative estimate of drug-likeness (QED) is 0.857. The van der Waals surface area contributed by atoms with Gasteiger partial charge in [0.1, 0.15) is 4.38 Å². The number of hydrogen-bond acceptors (Lipinski definition) is 6. The summed E-state index contributed by atoms with van der Waals surface area (Å²) in [6.45, 7) is 4.21. The van der Waals surface area contributed by atoms with Gasteiger partial charge in [0.15, 0.2) is 5.82 Å². The smallest absolute Gasteiger partial charge is 0.257 e. The fraction of sp³-hybridized carbons (Fsp3) is 0.357. The number of thioether (sulfide) groups is 2. The van der Waals surface area contributed by atoms with Crippen LogP contribution in [-0.4, -0.2) is 26.3 Å². The number of hydrogen-bond donors (Lipinski definition) is 0. The molecule has 0 saturated heterocycles. The Balaban J connectivity index is 1.72. The SMILES string of the molecule is C[C@@H]1CSC(S[C@@H](C)c2noc(-c3ccccc3)n2)=N1. The van der Waals surface area contributed by atoms with E-state index in [-0.39, 0.29) is 5.25 Å². The molecular formula is C14H15N3OS2. The lowest BCUT2D eigenvalue weighted by Crippen LogP contribution is -1.95. The average molecular weight is 305 g/mol. The average Bonchev–Trinajstić information content (AvgIpc) is 3.09. The highest BCUT2D eigenvalue weighted by atomic mass is 32.2. The summed E-state index contributed by atoms with van der Waals surface area (Å²) >= 11 is 3.50. The van der Waals surface area contributed by atoms with Crippen LogP contribution in [0.25, 0.3) is 11.5 Å². The Morgan fingerprint density at radius 2 is 2.15 bits per heavy atom.